The quantitative estimate of drug-likeness (QED) is 0.243. The van der Waals surface area contributed by atoms with E-state index in [2.05, 4.69) is 98.6 Å². The molecule has 136 valence electrons. The minimum atomic E-state index is 0.417. The summed E-state index contributed by atoms with van der Waals surface area (Å²) >= 11 is 0. The molecule has 1 aromatic heterocycles. The molecule has 1 heterocycles. The van der Waals surface area contributed by atoms with Crippen molar-refractivity contribution in [3.8, 4) is 11.3 Å². The standard InChI is InChI=1S/C27H20BN/c1-28(2)22-16-20-11-10-18-7-5-8-19-12-14-21(26(20)25(18)19)27(22)24-15-13-17-6-3-4-9-23(17)29-24/h3-16H,1-2H3. The summed E-state index contributed by atoms with van der Waals surface area (Å²) in [6.45, 7) is 4.97. The van der Waals surface area contributed by atoms with Crippen LogP contribution in [0.2, 0.25) is 13.6 Å². The zero-order valence-corrected chi connectivity index (χ0v) is 16.6. The van der Waals surface area contributed by atoms with Gasteiger partial charge in [-0.25, -0.2) is 4.98 Å². The molecule has 1 nitrogen and oxygen atoms in total. The van der Waals surface area contributed by atoms with E-state index in [0.29, 0.717) is 6.71 Å². The van der Waals surface area contributed by atoms with Crippen molar-refractivity contribution in [1.29, 1.82) is 0 Å². The lowest BCUT2D eigenvalue weighted by Crippen LogP contribution is -2.25. The van der Waals surface area contributed by atoms with Gasteiger partial charge >= 0.3 is 0 Å². The van der Waals surface area contributed by atoms with E-state index in [0.717, 1.165) is 11.2 Å². The van der Waals surface area contributed by atoms with Crippen LogP contribution < -0.4 is 5.46 Å². The van der Waals surface area contributed by atoms with Crippen molar-refractivity contribution in [3.05, 3.63) is 84.9 Å². The largest absolute Gasteiger partial charge is 0.248 e. The number of rotatable bonds is 2. The summed E-state index contributed by atoms with van der Waals surface area (Å²) in [4.78, 5) is 5.07. The van der Waals surface area contributed by atoms with E-state index in [9.17, 15) is 0 Å². The van der Waals surface area contributed by atoms with Crippen molar-refractivity contribution in [1.82, 2.24) is 4.98 Å². The molecule has 0 spiro atoms. The Balaban J connectivity index is 1.80. The van der Waals surface area contributed by atoms with Gasteiger partial charge in [0.05, 0.1) is 11.2 Å². The summed E-state index contributed by atoms with van der Waals surface area (Å²) in [5, 5.41) is 9.12. The SMILES string of the molecule is CB(C)c1cc2ccc3cccc4ccc(c1-c1ccc5ccccc5n1)c2c34. The highest BCUT2D eigenvalue weighted by Crippen LogP contribution is 2.38. The van der Waals surface area contributed by atoms with Gasteiger partial charge < -0.3 is 0 Å². The number of fused-ring (bicyclic) bond motifs is 1. The maximum atomic E-state index is 5.07. The van der Waals surface area contributed by atoms with Crippen LogP contribution in [0.25, 0.3) is 54.5 Å². The summed E-state index contributed by atoms with van der Waals surface area (Å²) in [6, 6.07) is 30.8. The Morgan fingerprint density at radius 2 is 1.31 bits per heavy atom. The second-order valence-electron chi connectivity index (χ2n) is 8.24. The van der Waals surface area contributed by atoms with Gasteiger partial charge in [-0.2, -0.15) is 0 Å². The van der Waals surface area contributed by atoms with Gasteiger partial charge in [0.1, 0.15) is 0 Å². The third kappa shape index (κ3) is 2.39. The molecule has 0 aliphatic heterocycles. The minimum Gasteiger partial charge on any atom is -0.248 e. The molecule has 6 rings (SSSR count). The van der Waals surface area contributed by atoms with Crippen LogP contribution in [0.15, 0.2) is 84.9 Å². The summed E-state index contributed by atoms with van der Waals surface area (Å²) in [5.74, 6) is 0. The van der Waals surface area contributed by atoms with E-state index in [1.165, 1.54) is 48.7 Å². The Hall–Kier alpha value is -3.39. The highest BCUT2D eigenvalue weighted by Gasteiger charge is 2.19. The van der Waals surface area contributed by atoms with Crippen molar-refractivity contribution in [2.75, 3.05) is 0 Å². The summed E-state index contributed by atoms with van der Waals surface area (Å²) in [5.41, 5.74) is 4.74. The number of pyridine rings is 1. The smallest absolute Gasteiger partial charge is 0.170 e. The van der Waals surface area contributed by atoms with E-state index < -0.39 is 0 Å². The first-order valence-electron chi connectivity index (χ1n) is 10.3. The monoisotopic (exact) mass is 369 g/mol. The van der Waals surface area contributed by atoms with E-state index in [-0.39, 0.29) is 0 Å². The molecule has 2 heteroatoms. The van der Waals surface area contributed by atoms with Crippen LogP contribution in [0.1, 0.15) is 0 Å². The fourth-order valence-electron chi connectivity index (χ4n) is 4.78. The normalized spacial score (nSPS) is 11.8. The first-order valence-corrected chi connectivity index (χ1v) is 10.3. The average Bonchev–Trinajstić information content (AvgIpc) is 2.76. The van der Waals surface area contributed by atoms with Crippen LogP contribution in [0.4, 0.5) is 0 Å². The lowest BCUT2D eigenvalue weighted by molar-refractivity contribution is 1.41. The molecule has 0 bridgehead atoms. The third-order valence-electron chi connectivity index (χ3n) is 6.15. The summed E-state index contributed by atoms with van der Waals surface area (Å²) in [6.07, 6.45) is 0. The third-order valence-corrected chi connectivity index (χ3v) is 6.15. The van der Waals surface area contributed by atoms with Gasteiger partial charge in [0.2, 0.25) is 0 Å². The molecule has 0 radical (unpaired) electrons. The zero-order valence-electron chi connectivity index (χ0n) is 16.6. The van der Waals surface area contributed by atoms with E-state index in [1.807, 2.05) is 0 Å². The van der Waals surface area contributed by atoms with E-state index in [1.54, 1.807) is 0 Å². The number of hydrogen-bond acceptors (Lipinski definition) is 1. The number of benzene rings is 5. The fourth-order valence-corrected chi connectivity index (χ4v) is 4.78. The first-order chi connectivity index (χ1) is 14.2. The van der Waals surface area contributed by atoms with Crippen molar-refractivity contribution in [2.45, 2.75) is 13.6 Å². The Morgan fingerprint density at radius 3 is 2.14 bits per heavy atom. The van der Waals surface area contributed by atoms with E-state index in [4.69, 9.17) is 4.98 Å². The molecule has 5 aromatic carbocycles. The molecular formula is C27H20BN. The molecule has 0 fully saturated rings. The van der Waals surface area contributed by atoms with Gasteiger partial charge in [0.15, 0.2) is 6.71 Å². The van der Waals surface area contributed by atoms with Gasteiger partial charge in [-0.3, -0.25) is 0 Å². The zero-order chi connectivity index (χ0) is 19.5. The van der Waals surface area contributed by atoms with Crippen molar-refractivity contribution in [3.63, 3.8) is 0 Å². The first kappa shape index (κ1) is 16.6. The molecule has 0 saturated heterocycles. The van der Waals surface area contributed by atoms with Crippen molar-refractivity contribution >= 4 is 55.4 Å². The Kier molecular flexibility index (Phi) is 3.46. The topological polar surface area (TPSA) is 12.9 Å². The summed E-state index contributed by atoms with van der Waals surface area (Å²) < 4.78 is 0. The van der Waals surface area contributed by atoms with Crippen LogP contribution in [0.3, 0.4) is 0 Å². The van der Waals surface area contributed by atoms with Crippen LogP contribution in [0, 0.1) is 0 Å². The second-order valence-corrected chi connectivity index (χ2v) is 8.24. The maximum Gasteiger partial charge on any atom is 0.170 e. The van der Waals surface area contributed by atoms with Gasteiger partial charge in [-0.1, -0.05) is 91.9 Å². The number of hydrogen-bond donors (Lipinski definition) is 0. The Bertz CT molecular complexity index is 1510. The van der Waals surface area contributed by atoms with Crippen molar-refractivity contribution < 1.29 is 0 Å². The molecule has 0 aliphatic rings. The lowest BCUT2D eigenvalue weighted by Gasteiger charge is -2.19. The second kappa shape index (κ2) is 6.05. The highest BCUT2D eigenvalue weighted by molar-refractivity contribution is 6.73. The lowest BCUT2D eigenvalue weighted by atomic mass is 9.47. The van der Waals surface area contributed by atoms with Crippen LogP contribution in [0.5, 0.6) is 0 Å². The number of para-hydroxylation sites is 1. The molecule has 0 amide bonds. The number of aromatic nitrogens is 1. The Morgan fingerprint density at radius 1 is 0.621 bits per heavy atom. The molecule has 29 heavy (non-hydrogen) atoms. The Labute approximate surface area is 170 Å². The minimum absolute atomic E-state index is 0.417. The van der Waals surface area contributed by atoms with Gasteiger partial charge in [0, 0.05) is 10.9 Å². The summed E-state index contributed by atoms with van der Waals surface area (Å²) in [7, 11) is 0. The van der Waals surface area contributed by atoms with Gasteiger partial charge in [0.25, 0.3) is 0 Å². The average molecular weight is 369 g/mol. The van der Waals surface area contributed by atoms with E-state index >= 15 is 0 Å². The van der Waals surface area contributed by atoms with Gasteiger partial charge in [-0.05, 0) is 44.5 Å². The molecule has 6 aromatic rings. The molecule has 0 atom stereocenters. The molecule has 0 saturated carbocycles. The molecule has 0 unspecified atom stereocenters. The van der Waals surface area contributed by atoms with Crippen molar-refractivity contribution in [2.24, 2.45) is 0 Å². The molecule has 0 N–H and O–H groups in total. The van der Waals surface area contributed by atoms with Crippen LogP contribution >= 0.6 is 0 Å². The molecular weight excluding hydrogens is 349 g/mol. The van der Waals surface area contributed by atoms with Crippen LogP contribution in [-0.4, -0.2) is 11.7 Å². The predicted molar refractivity (Wildman–Crippen MR) is 128 cm³/mol. The predicted octanol–water partition coefficient (Wildman–Crippen LogP) is 6.76. The molecule has 0 aliphatic carbocycles. The number of nitrogens with zero attached hydrogens (tertiary/aromatic N) is 1. The highest BCUT2D eigenvalue weighted by atomic mass is 14.7. The maximum absolute atomic E-state index is 5.07. The fraction of sp³-hybridized carbons (Fsp3) is 0.0741. The van der Waals surface area contributed by atoms with Gasteiger partial charge in [-0.15, -0.1) is 0 Å². The van der Waals surface area contributed by atoms with Crippen LogP contribution in [-0.2, 0) is 0 Å².